The number of allylic oxidation sites excluding steroid dienone is 1. The molecule has 1 atom stereocenters. The topological polar surface area (TPSA) is 67.8 Å². The number of thiophene rings is 1. The summed E-state index contributed by atoms with van der Waals surface area (Å²) in [6.07, 6.45) is 3.46. The Morgan fingerprint density at radius 3 is 2.59 bits per heavy atom. The molecule has 192 valence electrons. The molecule has 0 bridgehead atoms. The highest BCUT2D eigenvalue weighted by molar-refractivity contribution is 8.00. The van der Waals surface area contributed by atoms with Crippen LogP contribution in [0.3, 0.4) is 0 Å². The number of carbonyl (C=O) groups excluding carboxylic acids is 1. The van der Waals surface area contributed by atoms with E-state index >= 15 is 0 Å². The van der Waals surface area contributed by atoms with E-state index in [0.29, 0.717) is 20.9 Å². The molecule has 0 saturated carbocycles. The second-order valence-electron chi connectivity index (χ2n) is 9.32. The van der Waals surface area contributed by atoms with Crippen LogP contribution in [-0.2, 0) is 6.54 Å². The molecule has 0 amide bonds. The minimum Gasteiger partial charge on any atom is -0.360 e. The minimum atomic E-state index is -0.595. The van der Waals surface area contributed by atoms with Crippen LogP contribution in [0.4, 0.5) is 0 Å². The number of nitrogens with one attached hydrogen (secondary N) is 1. The van der Waals surface area contributed by atoms with E-state index in [1.165, 1.54) is 23.1 Å². The van der Waals surface area contributed by atoms with Gasteiger partial charge in [0.15, 0.2) is 10.9 Å². The molecule has 3 aromatic carbocycles. The number of rotatable bonds is 8. The molecule has 0 spiro atoms. The van der Waals surface area contributed by atoms with Gasteiger partial charge in [-0.15, -0.1) is 17.9 Å². The molecule has 7 heteroatoms. The predicted molar refractivity (Wildman–Crippen MR) is 162 cm³/mol. The fourth-order valence-electron chi connectivity index (χ4n) is 4.75. The van der Waals surface area contributed by atoms with E-state index in [2.05, 4.69) is 11.6 Å². The second kappa shape index (κ2) is 10.5. The van der Waals surface area contributed by atoms with Gasteiger partial charge in [0.1, 0.15) is 10.1 Å². The zero-order valence-corrected chi connectivity index (χ0v) is 22.9. The van der Waals surface area contributed by atoms with Crippen LogP contribution in [0.1, 0.15) is 26.7 Å². The molecule has 3 heterocycles. The Balaban J connectivity index is 1.48. The maximum atomic E-state index is 14.1. The van der Waals surface area contributed by atoms with E-state index < -0.39 is 5.25 Å². The molecular formula is C32H25N3O2S2. The normalized spacial score (nSPS) is 12.1. The van der Waals surface area contributed by atoms with Crippen molar-refractivity contribution in [1.29, 1.82) is 0 Å². The van der Waals surface area contributed by atoms with Gasteiger partial charge in [0.25, 0.3) is 5.56 Å². The fourth-order valence-corrected chi connectivity index (χ4v) is 6.92. The van der Waals surface area contributed by atoms with Crippen LogP contribution >= 0.6 is 23.1 Å². The summed E-state index contributed by atoms with van der Waals surface area (Å²) in [5.41, 5.74) is 5.25. The highest BCUT2D eigenvalue weighted by atomic mass is 32.2. The van der Waals surface area contributed by atoms with Crippen molar-refractivity contribution >= 4 is 50.0 Å². The van der Waals surface area contributed by atoms with Crippen LogP contribution in [-0.4, -0.2) is 20.3 Å². The first-order valence-corrected chi connectivity index (χ1v) is 14.3. The SMILES string of the molecule is C=CCn1c(S[C@H](C(=O)c2c[nH]c3ccccc23)c2ccccc2)nc2scc(-c3ccc(C)cc3)c2c1=O. The van der Waals surface area contributed by atoms with Gasteiger partial charge in [0.2, 0.25) is 0 Å². The molecule has 6 aromatic rings. The summed E-state index contributed by atoms with van der Waals surface area (Å²) < 4.78 is 1.63. The maximum absolute atomic E-state index is 14.1. The zero-order chi connectivity index (χ0) is 26.9. The number of fused-ring (bicyclic) bond motifs is 2. The van der Waals surface area contributed by atoms with Gasteiger partial charge in [-0.3, -0.25) is 14.2 Å². The number of aryl methyl sites for hydroxylation is 1. The standard InChI is InChI=1S/C32H25N3O2S2/c1-3-17-35-31(37)27-25(21-15-13-20(2)14-16-21)19-38-30(27)34-32(35)39-29(22-9-5-4-6-10-22)28(36)24-18-33-26-12-8-7-11-23(24)26/h3-16,18-19,29,33H,1,17H2,2H3/t29-/m0/s1. The summed E-state index contributed by atoms with van der Waals surface area (Å²) in [6, 6.07) is 25.6. The van der Waals surface area contributed by atoms with Gasteiger partial charge in [-0.05, 0) is 24.1 Å². The Bertz CT molecular complexity index is 1880. The number of benzene rings is 3. The van der Waals surface area contributed by atoms with Crippen LogP contribution in [0.5, 0.6) is 0 Å². The number of hydrogen-bond acceptors (Lipinski definition) is 5. The molecule has 0 unspecified atom stereocenters. The first-order valence-electron chi connectivity index (χ1n) is 12.6. The number of aromatic amines is 1. The first kappa shape index (κ1) is 25.1. The monoisotopic (exact) mass is 547 g/mol. The molecule has 0 fully saturated rings. The molecular weight excluding hydrogens is 523 g/mol. The lowest BCUT2D eigenvalue weighted by Crippen LogP contribution is -2.23. The van der Waals surface area contributed by atoms with Gasteiger partial charge in [-0.25, -0.2) is 4.98 Å². The van der Waals surface area contributed by atoms with E-state index in [9.17, 15) is 9.59 Å². The Morgan fingerprint density at radius 1 is 1.08 bits per heavy atom. The highest BCUT2D eigenvalue weighted by Gasteiger charge is 2.28. The number of ketones is 1. The Hall–Kier alpha value is -4.20. The van der Waals surface area contributed by atoms with Gasteiger partial charge < -0.3 is 4.98 Å². The summed E-state index contributed by atoms with van der Waals surface area (Å²) >= 11 is 2.75. The lowest BCUT2D eigenvalue weighted by Gasteiger charge is -2.18. The number of Topliss-reactive ketones (excluding diaryl/α,β-unsaturated/α-hetero) is 1. The van der Waals surface area contributed by atoms with Crippen LogP contribution in [0.2, 0.25) is 0 Å². The van der Waals surface area contributed by atoms with Crippen LogP contribution in [0.25, 0.3) is 32.2 Å². The van der Waals surface area contributed by atoms with Crippen molar-refractivity contribution in [3.63, 3.8) is 0 Å². The van der Waals surface area contributed by atoms with Crippen molar-refractivity contribution in [2.24, 2.45) is 0 Å². The van der Waals surface area contributed by atoms with E-state index in [1.807, 2.05) is 91.2 Å². The fraction of sp³-hybridized carbons (Fsp3) is 0.0938. The molecule has 3 aromatic heterocycles. The number of hydrogen-bond donors (Lipinski definition) is 1. The number of nitrogens with zero attached hydrogens (tertiary/aromatic N) is 2. The lowest BCUT2D eigenvalue weighted by molar-refractivity contribution is 0.0991. The van der Waals surface area contributed by atoms with E-state index in [1.54, 1.807) is 16.8 Å². The van der Waals surface area contributed by atoms with Gasteiger partial charge in [0.05, 0.1) is 5.39 Å². The molecule has 0 aliphatic rings. The largest absolute Gasteiger partial charge is 0.360 e. The molecule has 39 heavy (non-hydrogen) atoms. The van der Waals surface area contributed by atoms with Gasteiger partial charge >= 0.3 is 0 Å². The summed E-state index contributed by atoms with van der Waals surface area (Å²) in [6.45, 7) is 6.21. The van der Waals surface area contributed by atoms with Crippen molar-refractivity contribution in [2.75, 3.05) is 0 Å². The number of para-hydroxylation sites is 1. The average molecular weight is 548 g/mol. The van der Waals surface area contributed by atoms with E-state index in [4.69, 9.17) is 4.98 Å². The summed E-state index contributed by atoms with van der Waals surface area (Å²) in [4.78, 5) is 36.8. The summed E-state index contributed by atoms with van der Waals surface area (Å²) in [5, 5.41) is 3.35. The average Bonchev–Trinajstić information content (AvgIpc) is 3.59. The van der Waals surface area contributed by atoms with Crippen molar-refractivity contribution in [3.05, 3.63) is 130 Å². The molecule has 5 nitrogen and oxygen atoms in total. The van der Waals surface area contributed by atoms with Crippen molar-refractivity contribution in [2.45, 2.75) is 23.9 Å². The smallest absolute Gasteiger partial charge is 0.263 e. The molecule has 0 aliphatic carbocycles. The van der Waals surface area contributed by atoms with E-state index in [0.717, 1.165) is 33.2 Å². The zero-order valence-electron chi connectivity index (χ0n) is 21.3. The number of H-pyrrole nitrogens is 1. The Labute approximate surface area is 233 Å². The number of aromatic nitrogens is 3. The molecule has 0 radical (unpaired) electrons. The van der Waals surface area contributed by atoms with E-state index in [-0.39, 0.29) is 17.9 Å². The maximum Gasteiger partial charge on any atom is 0.263 e. The Kier molecular flexibility index (Phi) is 6.77. The van der Waals surface area contributed by atoms with Gasteiger partial charge in [0, 0.05) is 40.2 Å². The third-order valence-corrected chi connectivity index (χ3v) is 8.87. The van der Waals surface area contributed by atoms with Gasteiger partial charge in [-0.1, -0.05) is 96.2 Å². The number of thioether (sulfide) groups is 1. The van der Waals surface area contributed by atoms with Crippen molar-refractivity contribution in [3.8, 4) is 11.1 Å². The third kappa shape index (κ3) is 4.64. The highest BCUT2D eigenvalue weighted by Crippen LogP contribution is 2.40. The minimum absolute atomic E-state index is 0.0466. The predicted octanol–water partition coefficient (Wildman–Crippen LogP) is 7.82. The molecule has 0 saturated heterocycles. The summed E-state index contributed by atoms with van der Waals surface area (Å²) in [7, 11) is 0. The lowest BCUT2D eigenvalue weighted by atomic mass is 10.0. The molecule has 1 N–H and O–H groups in total. The van der Waals surface area contributed by atoms with Crippen LogP contribution < -0.4 is 5.56 Å². The molecule has 0 aliphatic heterocycles. The second-order valence-corrected chi connectivity index (χ2v) is 11.2. The van der Waals surface area contributed by atoms with Crippen molar-refractivity contribution < 1.29 is 4.79 Å². The van der Waals surface area contributed by atoms with Crippen LogP contribution in [0.15, 0.2) is 113 Å². The van der Waals surface area contributed by atoms with Crippen molar-refractivity contribution in [1.82, 2.24) is 14.5 Å². The Morgan fingerprint density at radius 2 is 1.82 bits per heavy atom. The van der Waals surface area contributed by atoms with Crippen LogP contribution in [0, 0.1) is 6.92 Å². The number of carbonyl (C=O) groups is 1. The molecule has 6 rings (SSSR count). The first-order chi connectivity index (χ1) is 19.0. The van der Waals surface area contributed by atoms with Gasteiger partial charge in [-0.2, -0.15) is 0 Å². The third-order valence-electron chi connectivity index (χ3n) is 6.75. The quantitative estimate of drug-likeness (QED) is 0.0913. The summed E-state index contributed by atoms with van der Waals surface area (Å²) in [5.74, 6) is -0.0466.